The summed E-state index contributed by atoms with van der Waals surface area (Å²) in [5, 5.41) is 28.1. The van der Waals surface area contributed by atoms with Gasteiger partial charge in [0.25, 0.3) is 0 Å². The molecule has 0 aromatic heterocycles. The van der Waals surface area contributed by atoms with Gasteiger partial charge in [-0.2, -0.15) is 11.8 Å². The van der Waals surface area contributed by atoms with E-state index in [1.165, 1.54) is 172 Å². The molecule has 4 amide bonds. The Morgan fingerprint density at radius 1 is 0.397 bits per heavy atom. The van der Waals surface area contributed by atoms with E-state index in [9.17, 15) is 43.5 Å². The predicted molar refractivity (Wildman–Crippen MR) is 314 cm³/mol. The molecule has 17 heteroatoms. The largest absolute Gasteiger partial charge is 0.481 e. The molecule has 0 aliphatic heterocycles. The SMILES string of the molecule is CCCCCCCCCCCCCCCC(=O)OC[C@H](CSC[C@H](NC(=O)CCCCCCCCCCCCC)C(=O)NCC(=O)NCC(=O)N[C@@H](CCC(=O)O)C(=O)O)OC(=O)CCCCCCCCCCCCCCC. The molecular formula is C61H112N4O12S. The van der Waals surface area contributed by atoms with Crippen molar-refractivity contribution in [2.45, 2.75) is 309 Å². The maximum absolute atomic E-state index is 13.6. The number of ether oxygens (including phenoxy) is 2. The summed E-state index contributed by atoms with van der Waals surface area (Å²) >= 11 is 1.24. The van der Waals surface area contributed by atoms with Crippen LogP contribution in [0.2, 0.25) is 0 Å². The molecule has 0 saturated carbocycles. The highest BCUT2D eigenvalue weighted by atomic mass is 32.2. The molecular weight excluding hydrogens is 1010 g/mol. The summed E-state index contributed by atoms with van der Waals surface area (Å²) < 4.78 is 11.6. The maximum Gasteiger partial charge on any atom is 0.326 e. The summed E-state index contributed by atoms with van der Waals surface area (Å²) in [5.41, 5.74) is 0. The van der Waals surface area contributed by atoms with Crippen LogP contribution in [-0.2, 0) is 47.8 Å². The molecule has 0 saturated heterocycles. The molecule has 16 nitrogen and oxygen atoms in total. The van der Waals surface area contributed by atoms with Crippen molar-refractivity contribution >= 4 is 59.3 Å². The summed E-state index contributed by atoms with van der Waals surface area (Å²) in [6.45, 7) is 5.37. The van der Waals surface area contributed by atoms with E-state index in [4.69, 9.17) is 14.6 Å². The summed E-state index contributed by atoms with van der Waals surface area (Å²) in [6.07, 6.45) is 42.3. The van der Waals surface area contributed by atoms with Gasteiger partial charge in [0.2, 0.25) is 23.6 Å². The van der Waals surface area contributed by atoms with Crippen LogP contribution >= 0.6 is 11.8 Å². The predicted octanol–water partition coefficient (Wildman–Crippen LogP) is 13.0. The van der Waals surface area contributed by atoms with E-state index >= 15 is 0 Å². The van der Waals surface area contributed by atoms with Gasteiger partial charge in [0.05, 0.1) is 13.1 Å². The lowest BCUT2D eigenvalue weighted by Crippen LogP contribution is -2.51. The van der Waals surface area contributed by atoms with Crippen LogP contribution in [0.1, 0.15) is 290 Å². The topological polar surface area (TPSA) is 244 Å². The monoisotopic (exact) mass is 1120 g/mol. The third-order valence-corrected chi connectivity index (χ3v) is 15.3. The minimum absolute atomic E-state index is 0.0482. The Morgan fingerprint density at radius 3 is 1.18 bits per heavy atom. The number of amides is 4. The Balaban J connectivity index is 5.50. The Morgan fingerprint density at radius 2 is 0.769 bits per heavy atom. The molecule has 0 aromatic carbocycles. The van der Waals surface area contributed by atoms with Gasteiger partial charge in [0.15, 0.2) is 0 Å². The lowest BCUT2D eigenvalue weighted by molar-refractivity contribution is -0.157. The van der Waals surface area contributed by atoms with Crippen molar-refractivity contribution in [3.8, 4) is 0 Å². The molecule has 0 aliphatic rings. The number of carboxylic acids is 2. The minimum atomic E-state index is -1.47. The van der Waals surface area contributed by atoms with E-state index in [2.05, 4.69) is 42.0 Å². The number of carboxylic acid groups (broad SMARTS) is 2. The van der Waals surface area contributed by atoms with Crippen molar-refractivity contribution in [2.75, 3.05) is 31.2 Å². The van der Waals surface area contributed by atoms with Gasteiger partial charge in [-0.1, -0.05) is 239 Å². The number of carbonyl (C=O) groups is 8. The minimum Gasteiger partial charge on any atom is -0.481 e. The number of hydrogen-bond donors (Lipinski definition) is 6. The molecule has 0 aliphatic carbocycles. The number of hydrogen-bond acceptors (Lipinski definition) is 11. The number of thioether (sulfide) groups is 1. The highest BCUT2D eigenvalue weighted by Gasteiger charge is 2.25. The first-order valence-corrected chi connectivity index (χ1v) is 32.5. The van der Waals surface area contributed by atoms with Crippen LogP contribution in [0.25, 0.3) is 0 Å². The lowest BCUT2D eigenvalue weighted by Gasteiger charge is -2.21. The van der Waals surface area contributed by atoms with Gasteiger partial charge < -0.3 is 41.0 Å². The van der Waals surface area contributed by atoms with E-state index in [1.54, 1.807) is 0 Å². The quantitative estimate of drug-likeness (QED) is 0.0245. The molecule has 0 radical (unpaired) electrons. The van der Waals surface area contributed by atoms with Crippen LogP contribution in [0, 0.1) is 0 Å². The molecule has 6 N–H and O–H groups in total. The number of rotatable bonds is 58. The molecule has 0 bridgehead atoms. The molecule has 0 aromatic rings. The van der Waals surface area contributed by atoms with Gasteiger partial charge in [-0.25, -0.2) is 4.79 Å². The number of unbranched alkanes of at least 4 members (excludes halogenated alkanes) is 34. The second-order valence-corrected chi connectivity index (χ2v) is 22.7. The van der Waals surface area contributed by atoms with E-state index in [-0.39, 0.29) is 61.6 Å². The molecule has 78 heavy (non-hydrogen) atoms. The van der Waals surface area contributed by atoms with Gasteiger partial charge in [-0.05, 0) is 25.7 Å². The second-order valence-electron chi connectivity index (χ2n) is 21.6. The average Bonchev–Trinajstić information content (AvgIpc) is 3.41. The van der Waals surface area contributed by atoms with Crippen LogP contribution in [-0.4, -0.2) is 107 Å². The van der Waals surface area contributed by atoms with E-state index in [0.717, 1.165) is 64.2 Å². The van der Waals surface area contributed by atoms with Crippen molar-refractivity contribution in [3.05, 3.63) is 0 Å². The van der Waals surface area contributed by atoms with Gasteiger partial charge in [0.1, 0.15) is 24.8 Å². The standard InChI is InChI=1S/C61H112N4O12S/c1-4-7-10-13-16-19-22-24-27-30-33-36-39-42-58(71)76-48-51(77-59(72)43-40-37-34-31-28-25-23-20-17-14-11-8-5-2)49-78-50-53(65-54(66)41-38-35-32-29-26-21-18-15-12-9-6-3)60(73)63-46-55(67)62-47-56(68)64-52(61(74)75)44-45-57(69)70/h51-53H,4-50H2,1-3H3,(H,62,67)(H,63,73)(H,64,68)(H,65,66)(H,69,70)(H,74,75)/t51-,52+,53+/m1/s1. The van der Waals surface area contributed by atoms with Crippen LogP contribution in [0.5, 0.6) is 0 Å². The smallest absolute Gasteiger partial charge is 0.326 e. The van der Waals surface area contributed by atoms with Crippen LogP contribution in [0.3, 0.4) is 0 Å². The highest BCUT2D eigenvalue weighted by Crippen LogP contribution is 2.18. The molecule has 3 atom stereocenters. The molecule has 0 fully saturated rings. The summed E-state index contributed by atoms with van der Waals surface area (Å²) in [4.78, 5) is 100. The fourth-order valence-corrected chi connectivity index (χ4v) is 10.2. The zero-order chi connectivity index (χ0) is 57.5. The van der Waals surface area contributed by atoms with Gasteiger partial charge in [0, 0.05) is 37.2 Å². The average molecular weight is 1130 g/mol. The van der Waals surface area contributed by atoms with Gasteiger partial charge >= 0.3 is 23.9 Å². The molecule has 0 unspecified atom stereocenters. The van der Waals surface area contributed by atoms with Crippen LogP contribution in [0.15, 0.2) is 0 Å². The van der Waals surface area contributed by atoms with E-state index in [0.29, 0.717) is 12.8 Å². The van der Waals surface area contributed by atoms with Crippen molar-refractivity contribution in [2.24, 2.45) is 0 Å². The maximum atomic E-state index is 13.6. The number of nitrogens with one attached hydrogen (secondary N) is 4. The molecule has 0 spiro atoms. The van der Waals surface area contributed by atoms with Crippen molar-refractivity contribution < 1.29 is 58.0 Å². The Hall–Kier alpha value is -3.89. The third kappa shape index (κ3) is 50.3. The summed E-state index contributed by atoms with van der Waals surface area (Å²) in [5.74, 6) is -5.77. The zero-order valence-corrected chi connectivity index (χ0v) is 50.2. The van der Waals surface area contributed by atoms with Crippen molar-refractivity contribution in [1.82, 2.24) is 21.3 Å². The first kappa shape index (κ1) is 74.1. The van der Waals surface area contributed by atoms with Crippen LogP contribution < -0.4 is 21.3 Å². The van der Waals surface area contributed by atoms with Crippen molar-refractivity contribution in [1.29, 1.82) is 0 Å². The van der Waals surface area contributed by atoms with E-state index in [1.807, 2.05) is 0 Å². The molecule has 454 valence electrons. The Kier molecular flexibility index (Phi) is 52.3. The third-order valence-electron chi connectivity index (χ3n) is 14.1. The molecule has 0 rings (SSSR count). The van der Waals surface area contributed by atoms with E-state index < -0.39 is 67.4 Å². The second kappa shape index (κ2) is 55.0. The summed E-state index contributed by atoms with van der Waals surface area (Å²) in [7, 11) is 0. The fraction of sp³-hybridized carbons (Fsp3) is 0.869. The van der Waals surface area contributed by atoms with Crippen molar-refractivity contribution in [3.63, 3.8) is 0 Å². The van der Waals surface area contributed by atoms with Crippen LogP contribution in [0.4, 0.5) is 0 Å². The Bertz CT molecular complexity index is 1550. The number of esters is 2. The van der Waals surface area contributed by atoms with Gasteiger partial charge in [-0.15, -0.1) is 0 Å². The lowest BCUT2D eigenvalue weighted by atomic mass is 10.0. The fourth-order valence-electron chi connectivity index (χ4n) is 9.21. The first-order valence-electron chi connectivity index (χ1n) is 31.3. The summed E-state index contributed by atoms with van der Waals surface area (Å²) in [6, 6.07) is -2.55. The first-order chi connectivity index (χ1) is 37.8. The molecule has 0 heterocycles. The normalized spacial score (nSPS) is 12.3. The highest BCUT2D eigenvalue weighted by molar-refractivity contribution is 7.99. The zero-order valence-electron chi connectivity index (χ0n) is 49.4. The Labute approximate surface area is 476 Å². The number of carbonyl (C=O) groups excluding carboxylic acids is 6. The van der Waals surface area contributed by atoms with Gasteiger partial charge in [-0.3, -0.25) is 33.6 Å². The number of aliphatic carboxylic acids is 2.